The number of rotatable bonds is 16. The molecule has 126 valence electrons. The highest BCUT2D eigenvalue weighted by molar-refractivity contribution is 4.79. The number of allylic oxidation sites excluding steroid dienone is 2. The molecule has 0 aromatic carbocycles. The van der Waals surface area contributed by atoms with Gasteiger partial charge in [-0.3, -0.25) is 0 Å². The second kappa shape index (κ2) is 19.9. The normalized spacial score (nSPS) is 10.4. The van der Waals surface area contributed by atoms with Crippen LogP contribution in [0.1, 0.15) is 77.0 Å². The van der Waals surface area contributed by atoms with E-state index in [9.17, 15) is 0 Å². The molecule has 0 aromatic heterocycles. The first kappa shape index (κ1) is 23.2. The van der Waals surface area contributed by atoms with Crippen LogP contribution in [0.15, 0.2) is 25.3 Å². The van der Waals surface area contributed by atoms with Gasteiger partial charge in [0.05, 0.1) is 13.6 Å². The highest BCUT2D eigenvalue weighted by Crippen LogP contribution is 2.19. The summed E-state index contributed by atoms with van der Waals surface area (Å²) in [7, 11) is 2.16. The van der Waals surface area contributed by atoms with E-state index in [1.54, 1.807) is 0 Å². The molecule has 0 bridgehead atoms. The first-order chi connectivity index (χ1) is 9.85. The number of hydrogen-bond acceptors (Lipinski definition) is 0. The van der Waals surface area contributed by atoms with Gasteiger partial charge in [0, 0.05) is 0 Å². The summed E-state index contributed by atoms with van der Waals surface area (Å²) in [6.07, 6.45) is 20.6. The third kappa shape index (κ3) is 17.9. The van der Waals surface area contributed by atoms with E-state index < -0.39 is 0 Å². The minimum Gasteiger partial charge on any atom is -1.00 e. The molecule has 0 rings (SSSR count). The predicted octanol–water partition coefficient (Wildman–Crippen LogP) is 1.85. The van der Waals surface area contributed by atoms with Crippen LogP contribution in [0.4, 0.5) is 0 Å². The predicted molar refractivity (Wildman–Crippen MR) is 92.0 cm³/mol. The van der Waals surface area contributed by atoms with Crippen molar-refractivity contribution < 1.29 is 22.3 Å². The smallest absolute Gasteiger partial charge is 0.0753 e. The van der Waals surface area contributed by atoms with Crippen molar-refractivity contribution in [1.29, 1.82) is 0 Å². The SMILES string of the molecule is C=CCC(CC=C)CCCCCCCCCCC[NH2+]C.[Br-]. The Bertz CT molecular complexity index is 206. The van der Waals surface area contributed by atoms with E-state index in [0.717, 1.165) is 18.8 Å². The van der Waals surface area contributed by atoms with Gasteiger partial charge in [0.2, 0.25) is 0 Å². The molecule has 0 aliphatic rings. The summed E-state index contributed by atoms with van der Waals surface area (Å²) >= 11 is 0. The number of quaternary nitrogens is 1. The van der Waals surface area contributed by atoms with Crippen molar-refractivity contribution in [3.8, 4) is 0 Å². The quantitative estimate of drug-likeness (QED) is 0.320. The van der Waals surface area contributed by atoms with E-state index in [1.807, 2.05) is 0 Å². The van der Waals surface area contributed by atoms with E-state index in [-0.39, 0.29) is 17.0 Å². The van der Waals surface area contributed by atoms with E-state index >= 15 is 0 Å². The lowest BCUT2D eigenvalue weighted by atomic mass is 9.94. The molecule has 0 radical (unpaired) electrons. The first-order valence-corrected chi connectivity index (χ1v) is 8.84. The highest BCUT2D eigenvalue weighted by Gasteiger charge is 2.04. The van der Waals surface area contributed by atoms with E-state index in [2.05, 4.69) is 37.7 Å². The monoisotopic (exact) mass is 359 g/mol. The van der Waals surface area contributed by atoms with Crippen LogP contribution in [0.5, 0.6) is 0 Å². The number of nitrogens with two attached hydrogens (primary N) is 1. The largest absolute Gasteiger partial charge is 1.00 e. The van der Waals surface area contributed by atoms with Crippen molar-refractivity contribution in [1.82, 2.24) is 0 Å². The van der Waals surface area contributed by atoms with Gasteiger partial charge >= 0.3 is 0 Å². The fourth-order valence-electron chi connectivity index (χ4n) is 2.82. The van der Waals surface area contributed by atoms with Crippen LogP contribution < -0.4 is 22.3 Å². The molecule has 0 fully saturated rings. The average Bonchev–Trinajstić information content (AvgIpc) is 2.45. The molecule has 0 unspecified atom stereocenters. The van der Waals surface area contributed by atoms with Gasteiger partial charge in [-0.25, -0.2) is 0 Å². The number of hydrogen-bond donors (Lipinski definition) is 1. The van der Waals surface area contributed by atoms with Crippen molar-refractivity contribution in [3.63, 3.8) is 0 Å². The van der Waals surface area contributed by atoms with Gasteiger partial charge in [-0.2, -0.15) is 0 Å². The summed E-state index contributed by atoms with van der Waals surface area (Å²) in [5.74, 6) is 0.792. The van der Waals surface area contributed by atoms with Gasteiger partial charge in [0.1, 0.15) is 0 Å². The molecule has 2 N–H and O–H groups in total. The molecule has 0 aliphatic heterocycles. The van der Waals surface area contributed by atoms with Crippen LogP contribution in [0.25, 0.3) is 0 Å². The molecule has 0 saturated heterocycles. The summed E-state index contributed by atoms with van der Waals surface area (Å²) in [6.45, 7) is 9.00. The Morgan fingerprint density at radius 3 is 1.62 bits per heavy atom. The average molecular weight is 360 g/mol. The molecular weight excluding hydrogens is 322 g/mol. The van der Waals surface area contributed by atoms with Gasteiger partial charge in [0.15, 0.2) is 0 Å². The molecule has 1 nitrogen and oxygen atoms in total. The lowest BCUT2D eigenvalue weighted by molar-refractivity contribution is -0.627. The second-order valence-electron chi connectivity index (χ2n) is 6.08. The zero-order chi connectivity index (χ0) is 14.9. The summed E-state index contributed by atoms with van der Waals surface area (Å²) in [4.78, 5) is 0. The van der Waals surface area contributed by atoms with Gasteiger partial charge in [-0.05, 0) is 38.0 Å². The zero-order valence-electron chi connectivity index (χ0n) is 14.3. The first-order valence-electron chi connectivity index (χ1n) is 8.84. The van der Waals surface area contributed by atoms with Crippen molar-refractivity contribution in [2.24, 2.45) is 5.92 Å². The fourth-order valence-corrected chi connectivity index (χ4v) is 2.82. The van der Waals surface area contributed by atoms with Crippen molar-refractivity contribution in [2.75, 3.05) is 13.6 Å². The van der Waals surface area contributed by atoms with Crippen LogP contribution >= 0.6 is 0 Å². The van der Waals surface area contributed by atoms with Gasteiger partial charge < -0.3 is 22.3 Å². The maximum absolute atomic E-state index is 3.85. The molecule has 0 amide bonds. The summed E-state index contributed by atoms with van der Waals surface area (Å²) in [5, 5.41) is 2.28. The minimum absolute atomic E-state index is 0. The third-order valence-electron chi connectivity index (χ3n) is 4.11. The Labute approximate surface area is 144 Å². The van der Waals surface area contributed by atoms with E-state index in [1.165, 1.54) is 70.8 Å². The van der Waals surface area contributed by atoms with Gasteiger partial charge in [0.25, 0.3) is 0 Å². The highest BCUT2D eigenvalue weighted by atomic mass is 79.9. The summed E-state index contributed by atoms with van der Waals surface area (Å²) in [5.41, 5.74) is 0. The van der Waals surface area contributed by atoms with Crippen LogP contribution in [0.2, 0.25) is 0 Å². The molecule has 0 atom stereocenters. The molecule has 0 aliphatic carbocycles. The lowest BCUT2D eigenvalue weighted by Gasteiger charge is -2.12. The molecule has 0 spiro atoms. The Kier molecular flexibility index (Phi) is 22.0. The molecule has 0 aromatic rings. The van der Waals surface area contributed by atoms with Crippen molar-refractivity contribution >= 4 is 0 Å². The zero-order valence-corrected chi connectivity index (χ0v) is 15.9. The molecule has 0 heterocycles. The number of unbranched alkanes of at least 4 members (excludes halogenated alkanes) is 8. The summed E-state index contributed by atoms with van der Waals surface area (Å²) in [6, 6.07) is 0. The third-order valence-corrected chi connectivity index (χ3v) is 4.11. The van der Waals surface area contributed by atoms with Crippen molar-refractivity contribution in [2.45, 2.75) is 77.0 Å². The Hall–Kier alpha value is -0.0800. The van der Waals surface area contributed by atoms with Crippen molar-refractivity contribution in [3.05, 3.63) is 25.3 Å². The maximum Gasteiger partial charge on any atom is 0.0753 e. The van der Waals surface area contributed by atoms with E-state index in [0.29, 0.717) is 0 Å². The minimum atomic E-state index is 0. The van der Waals surface area contributed by atoms with Crippen LogP contribution in [0.3, 0.4) is 0 Å². The molecule has 21 heavy (non-hydrogen) atoms. The molecule has 0 saturated carbocycles. The summed E-state index contributed by atoms with van der Waals surface area (Å²) < 4.78 is 0. The van der Waals surface area contributed by atoms with Crippen LogP contribution in [-0.2, 0) is 0 Å². The Morgan fingerprint density at radius 1 is 0.762 bits per heavy atom. The Morgan fingerprint density at radius 2 is 1.19 bits per heavy atom. The van der Waals surface area contributed by atoms with Crippen LogP contribution in [0, 0.1) is 5.92 Å². The lowest BCUT2D eigenvalue weighted by Crippen LogP contribution is -3.00. The van der Waals surface area contributed by atoms with Gasteiger partial charge in [-0.1, -0.05) is 57.1 Å². The Balaban J connectivity index is 0. The van der Waals surface area contributed by atoms with E-state index in [4.69, 9.17) is 0 Å². The molecule has 2 heteroatoms. The maximum atomic E-state index is 3.85. The van der Waals surface area contributed by atoms with Crippen LogP contribution in [-0.4, -0.2) is 13.6 Å². The topological polar surface area (TPSA) is 16.6 Å². The number of halogens is 1. The van der Waals surface area contributed by atoms with Gasteiger partial charge in [-0.15, -0.1) is 13.2 Å². The second-order valence-corrected chi connectivity index (χ2v) is 6.08. The fraction of sp³-hybridized carbons (Fsp3) is 0.789. The molecular formula is C19H38BrN. The standard InChI is InChI=1S/C19H37N.BrH/c1-4-15-19(16-5-2)17-13-11-9-7-6-8-10-12-14-18-20-3;/h4-5,19-20H,1-2,6-18H2,3H3;1H.